The molecule has 6 heteroatoms. The molecule has 21 heavy (non-hydrogen) atoms. The second-order valence-corrected chi connectivity index (χ2v) is 7.10. The van der Waals surface area contributed by atoms with Crippen molar-refractivity contribution < 1.29 is 9.90 Å². The number of thiazole rings is 1. The van der Waals surface area contributed by atoms with Gasteiger partial charge in [0.2, 0.25) is 0 Å². The lowest BCUT2D eigenvalue weighted by Gasteiger charge is -2.42. The average molecular weight is 309 g/mol. The number of aromatic carboxylic acids is 1. The number of aryl methyl sites for hydroxylation is 1. The lowest BCUT2D eigenvalue weighted by molar-refractivity contribution is 0.0700. The maximum absolute atomic E-state index is 11.4. The molecule has 2 aliphatic heterocycles. The molecule has 5 nitrogen and oxygen atoms in total. The van der Waals surface area contributed by atoms with E-state index >= 15 is 0 Å². The molecule has 2 saturated heterocycles. The number of aromatic nitrogens is 1. The second-order valence-electron chi connectivity index (χ2n) is 6.12. The topological polar surface area (TPSA) is 56.7 Å². The Morgan fingerprint density at radius 3 is 3.00 bits per heavy atom. The van der Waals surface area contributed by atoms with Crippen LogP contribution in [0.15, 0.2) is 0 Å². The van der Waals surface area contributed by atoms with Gasteiger partial charge in [0.05, 0.1) is 5.69 Å². The summed E-state index contributed by atoms with van der Waals surface area (Å²) in [6.45, 7) is 7.54. The van der Waals surface area contributed by atoms with Crippen LogP contribution in [-0.4, -0.2) is 52.7 Å². The minimum absolute atomic E-state index is 0.404. The van der Waals surface area contributed by atoms with E-state index in [9.17, 15) is 9.90 Å². The van der Waals surface area contributed by atoms with Crippen LogP contribution in [0.5, 0.6) is 0 Å². The van der Waals surface area contributed by atoms with E-state index in [0.29, 0.717) is 17.0 Å². The molecule has 2 atom stereocenters. The highest BCUT2D eigenvalue weighted by Gasteiger charge is 2.36. The summed E-state index contributed by atoms with van der Waals surface area (Å²) in [5.74, 6) is -0.839. The van der Waals surface area contributed by atoms with E-state index in [1.165, 1.54) is 30.7 Å². The standard InChI is InChI=1S/C15H23N3O2S/c1-3-5-12-13(14(19)20)21-15(16-12)18-9-11-6-4-7-17(11)8-10(18)2/h10-11H,3-9H2,1-2H3,(H,19,20). The fourth-order valence-electron chi connectivity index (χ4n) is 3.49. The van der Waals surface area contributed by atoms with E-state index in [1.807, 2.05) is 0 Å². The maximum Gasteiger partial charge on any atom is 0.347 e. The molecular weight excluding hydrogens is 286 g/mol. The van der Waals surface area contributed by atoms with Crippen LogP contribution in [0, 0.1) is 0 Å². The van der Waals surface area contributed by atoms with Crippen molar-refractivity contribution in [1.82, 2.24) is 9.88 Å². The van der Waals surface area contributed by atoms with E-state index in [0.717, 1.165) is 36.8 Å². The summed E-state index contributed by atoms with van der Waals surface area (Å²) in [5.41, 5.74) is 0.756. The third-order valence-corrected chi connectivity index (χ3v) is 5.67. The highest BCUT2D eigenvalue weighted by molar-refractivity contribution is 7.17. The number of carboxylic acid groups (broad SMARTS) is 1. The van der Waals surface area contributed by atoms with E-state index in [2.05, 4.69) is 28.6 Å². The third kappa shape index (κ3) is 2.79. The smallest absolute Gasteiger partial charge is 0.347 e. The van der Waals surface area contributed by atoms with Crippen LogP contribution in [0.2, 0.25) is 0 Å². The Morgan fingerprint density at radius 1 is 1.48 bits per heavy atom. The molecular formula is C15H23N3O2S. The summed E-state index contributed by atoms with van der Waals surface area (Å²) in [7, 11) is 0. The molecule has 2 unspecified atom stereocenters. The molecule has 1 aromatic heterocycles. The van der Waals surface area contributed by atoms with Gasteiger partial charge < -0.3 is 10.0 Å². The van der Waals surface area contributed by atoms with Crippen LogP contribution < -0.4 is 4.90 Å². The van der Waals surface area contributed by atoms with Crippen molar-refractivity contribution >= 4 is 22.4 Å². The first-order valence-electron chi connectivity index (χ1n) is 7.83. The number of fused-ring (bicyclic) bond motifs is 1. The molecule has 3 rings (SSSR count). The Morgan fingerprint density at radius 2 is 2.29 bits per heavy atom. The number of carboxylic acids is 1. The Kier molecular flexibility index (Phi) is 4.17. The van der Waals surface area contributed by atoms with Gasteiger partial charge in [-0.05, 0) is 32.7 Å². The predicted molar refractivity (Wildman–Crippen MR) is 84.5 cm³/mol. The van der Waals surface area contributed by atoms with E-state index < -0.39 is 5.97 Å². The molecule has 1 aromatic rings. The van der Waals surface area contributed by atoms with Crippen LogP contribution in [0.25, 0.3) is 0 Å². The largest absolute Gasteiger partial charge is 0.477 e. The van der Waals surface area contributed by atoms with E-state index in [1.54, 1.807) is 0 Å². The molecule has 2 fully saturated rings. The first-order chi connectivity index (χ1) is 10.1. The highest BCUT2D eigenvalue weighted by Crippen LogP contribution is 2.33. The Labute approximate surface area is 129 Å². The van der Waals surface area contributed by atoms with Crippen molar-refractivity contribution in [1.29, 1.82) is 0 Å². The number of hydrogen-bond donors (Lipinski definition) is 1. The predicted octanol–water partition coefficient (Wildman–Crippen LogP) is 2.47. The Hall–Kier alpha value is -1.14. The van der Waals surface area contributed by atoms with Crippen molar-refractivity contribution in [2.75, 3.05) is 24.5 Å². The van der Waals surface area contributed by atoms with Crippen molar-refractivity contribution in [3.8, 4) is 0 Å². The first kappa shape index (κ1) is 14.8. The Balaban J connectivity index is 1.85. The second kappa shape index (κ2) is 5.93. The minimum atomic E-state index is -0.839. The molecule has 3 heterocycles. The number of piperazine rings is 1. The van der Waals surface area contributed by atoms with Gasteiger partial charge in [-0.15, -0.1) is 0 Å². The highest BCUT2D eigenvalue weighted by atomic mass is 32.1. The number of carbonyl (C=O) groups is 1. The van der Waals surface area contributed by atoms with Crippen LogP contribution in [-0.2, 0) is 6.42 Å². The summed E-state index contributed by atoms with van der Waals surface area (Å²) >= 11 is 1.35. The first-order valence-corrected chi connectivity index (χ1v) is 8.65. The van der Waals surface area contributed by atoms with Crippen LogP contribution >= 0.6 is 11.3 Å². The van der Waals surface area contributed by atoms with Gasteiger partial charge in [-0.3, -0.25) is 4.90 Å². The number of nitrogens with zero attached hydrogens (tertiary/aromatic N) is 3. The summed E-state index contributed by atoms with van der Waals surface area (Å²) < 4.78 is 0. The third-order valence-electron chi connectivity index (χ3n) is 4.55. The molecule has 0 spiro atoms. The van der Waals surface area contributed by atoms with Gasteiger partial charge in [0.15, 0.2) is 5.13 Å². The van der Waals surface area contributed by atoms with Crippen molar-refractivity contribution in [3.05, 3.63) is 10.6 Å². The van der Waals surface area contributed by atoms with Gasteiger partial charge in [0.1, 0.15) is 4.88 Å². The van der Waals surface area contributed by atoms with Crippen molar-refractivity contribution in [3.63, 3.8) is 0 Å². The average Bonchev–Trinajstić information content (AvgIpc) is 3.04. The van der Waals surface area contributed by atoms with Gasteiger partial charge in [0, 0.05) is 25.2 Å². The zero-order valence-corrected chi connectivity index (χ0v) is 13.5. The van der Waals surface area contributed by atoms with Gasteiger partial charge in [-0.2, -0.15) is 0 Å². The monoisotopic (exact) mass is 309 g/mol. The van der Waals surface area contributed by atoms with Crippen molar-refractivity contribution in [2.24, 2.45) is 0 Å². The van der Waals surface area contributed by atoms with Crippen molar-refractivity contribution in [2.45, 2.75) is 51.6 Å². The quantitative estimate of drug-likeness (QED) is 0.926. The van der Waals surface area contributed by atoms with Gasteiger partial charge >= 0.3 is 5.97 Å². The maximum atomic E-state index is 11.4. The number of hydrogen-bond acceptors (Lipinski definition) is 5. The molecule has 0 saturated carbocycles. The zero-order chi connectivity index (χ0) is 15.0. The van der Waals surface area contributed by atoms with Crippen LogP contribution in [0.3, 0.4) is 0 Å². The Bertz CT molecular complexity index is 531. The summed E-state index contributed by atoms with van der Waals surface area (Å²) in [6.07, 6.45) is 4.21. The van der Waals surface area contributed by atoms with Gasteiger partial charge in [-0.25, -0.2) is 9.78 Å². The summed E-state index contributed by atoms with van der Waals surface area (Å²) in [6, 6.07) is 1.02. The molecule has 1 N–H and O–H groups in total. The molecule has 0 bridgehead atoms. The minimum Gasteiger partial charge on any atom is -0.477 e. The van der Waals surface area contributed by atoms with Gasteiger partial charge in [-0.1, -0.05) is 24.7 Å². The lowest BCUT2D eigenvalue weighted by atomic mass is 10.1. The molecule has 0 aliphatic carbocycles. The van der Waals surface area contributed by atoms with E-state index in [-0.39, 0.29) is 0 Å². The molecule has 0 aromatic carbocycles. The summed E-state index contributed by atoms with van der Waals surface area (Å²) in [5, 5.41) is 10.3. The fourth-order valence-corrected chi connectivity index (χ4v) is 4.55. The van der Waals surface area contributed by atoms with E-state index in [4.69, 9.17) is 0 Å². The molecule has 0 radical (unpaired) electrons. The SMILES string of the molecule is CCCc1nc(N2CC3CCCN3CC2C)sc1C(=O)O. The number of rotatable bonds is 4. The van der Waals surface area contributed by atoms with Crippen LogP contribution in [0.1, 0.15) is 48.5 Å². The fraction of sp³-hybridized carbons (Fsp3) is 0.733. The molecule has 0 amide bonds. The molecule has 2 aliphatic rings. The van der Waals surface area contributed by atoms with Gasteiger partial charge in [0.25, 0.3) is 0 Å². The van der Waals surface area contributed by atoms with Crippen LogP contribution in [0.4, 0.5) is 5.13 Å². The molecule has 116 valence electrons. The lowest BCUT2D eigenvalue weighted by Crippen LogP contribution is -2.55. The summed E-state index contributed by atoms with van der Waals surface area (Å²) in [4.78, 5) is 21.4. The number of anilines is 1. The normalized spacial score (nSPS) is 26.1. The zero-order valence-electron chi connectivity index (χ0n) is 12.7.